The molecule has 1 aromatic rings. The van der Waals surface area contributed by atoms with Gasteiger partial charge in [0.1, 0.15) is 19.3 Å². The molecular weight excluding hydrogens is 336 g/mol. The quantitative estimate of drug-likeness (QED) is 0.880. The maximum atomic E-state index is 12.6. The van der Waals surface area contributed by atoms with E-state index in [-0.39, 0.29) is 12.5 Å². The van der Waals surface area contributed by atoms with Crippen LogP contribution < -0.4 is 9.47 Å². The fourth-order valence-electron chi connectivity index (χ4n) is 4.27. The number of rotatable bonds is 4. The van der Waals surface area contributed by atoms with Crippen LogP contribution in [0.2, 0.25) is 0 Å². The Balaban J connectivity index is 1.52. The maximum Gasteiger partial charge on any atom is 0.325 e. The number of benzene rings is 1. The Kier molecular flexibility index (Phi) is 4.72. The second kappa shape index (κ2) is 7.15. The van der Waals surface area contributed by atoms with Gasteiger partial charge in [0.25, 0.3) is 0 Å². The standard InChI is InChI=1S/C19H24N2O5/c22-17-12-20(7-8-21(17)14-3-1-2-4-14)18(19(23)24)13-5-6-15-16(11-13)26-10-9-25-15/h5-6,11,14,18H,1-4,7-10,12H2,(H,23,24)/t18-/m1/s1. The molecule has 7 nitrogen and oxygen atoms in total. The highest BCUT2D eigenvalue weighted by Crippen LogP contribution is 2.35. The molecule has 1 amide bonds. The maximum absolute atomic E-state index is 12.6. The van der Waals surface area contributed by atoms with Gasteiger partial charge in [-0.2, -0.15) is 0 Å². The number of aliphatic carboxylic acids is 1. The van der Waals surface area contributed by atoms with Crippen molar-refractivity contribution < 1.29 is 24.2 Å². The van der Waals surface area contributed by atoms with Crippen LogP contribution >= 0.6 is 0 Å². The zero-order chi connectivity index (χ0) is 18.1. The van der Waals surface area contributed by atoms with Gasteiger partial charge in [0.15, 0.2) is 11.5 Å². The number of hydrogen-bond acceptors (Lipinski definition) is 5. The largest absolute Gasteiger partial charge is 0.486 e. The van der Waals surface area contributed by atoms with Crippen LogP contribution in [0.15, 0.2) is 18.2 Å². The van der Waals surface area contributed by atoms with Gasteiger partial charge in [-0.05, 0) is 30.5 Å². The number of hydrogen-bond donors (Lipinski definition) is 1. The second-order valence-electron chi connectivity index (χ2n) is 7.14. The van der Waals surface area contributed by atoms with Crippen molar-refractivity contribution >= 4 is 11.9 Å². The van der Waals surface area contributed by atoms with E-state index >= 15 is 0 Å². The van der Waals surface area contributed by atoms with Gasteiger partial charge in [-0.3, -0.25) is 14.5 Å². The lowest BCUT2D eigenvalue weighted by Crippen LogP contribution is -2.55. The SMILES string of the molecule is O=C(O)[C@@H](c1ccc2c(c1)OCCO2)N1CCN(C2CCCC2)C(=O)C1. The van der Waals surface area contributed by atoms with Crippen molar-refractivity contribution in [1.82, 2.24) is 9.80 Å². The van der Waals surface area contributed by atoms with Crippen molar-refractivity contribution in [3.05, 3.63) is 23.8 Å². The molecule has 1 saturated heterocycles. The summed E-state index contributed by atoms with van der Waals surface area (Å²) >= 11 is 0. The minimum Gasteiger partial charge on any atom is -0.486 e. The van der Waals surface area contributed by atoms with E-state index in [4.69, 9.17) is 9.47 Å². The average Bonchev–Trinajstić information content (AvgIpc) is 3.16. The summed E-state index contributed by atoms with van der Waals surface area (Å²) in [6, 6.07) is 4.69. The van der Waals surface area contributed by atoms with Crippen molar-refractivity contribution in [1.29, 1.82) is 0 Å². The number of carboxylic acids is 1. The van der Waals surface area contributed by atoms with Crippen molar-refractivity contribution in [2.45, 2.75) is 37.8 Å². The van der Waals surface area contributed by atoms with Crippen molar-refractivity contribution in [2.75, 3.05) is 32.8 Å². The molecule has 1 saturated carbocycles. The summed E-state index contributed by atoms with van der Waals surface area (Å²) in [5.41, 5.74) is 0.615. The van der Waals surface area contributed by atoms with E-state index in [1.165, 1.54) is 12.8 Å². The van der Waals surface area contributed by atoms with Crippen LogP contribution in [0.4, 0.5) is 0 Å². The van der Waals surface area contributed by atoms with Crippen LogP contribution in [-0.2, 0) is 9.59 Å². The molecule has 4 rings (SSSR count). The molecule has 1 atom stereocenters. The van der Waals surface area contributed by atoms with E-state index < -0.39 is 12.0 Å². The molecule has 2 aliphatic heterocycles. The summed E-state index contributed by atoms with van der Waals surface area (Å²) in [6.45, 7) is 2.24. The average molecular weight is 360 g/mol. The summed E-state index contributed by atoms with van der Waals surface area (Å²) < 4.78 is 11.1. The number of piperazine rings is 1. The summed E-state index contributed by atoms with van der Waals surface area (Å²) in [5.74, 6) is 0.276. The Morgan fingerprint density at radius 1 is 1.12 bits per heavy atom. The predicted octanol–water partition coefficient (Wildman–Crippen LogP) is 1.67. The molecule has 1 N–H and O–H groups in total. The van der Waals surface area contributed by atoms with Gasteiger partial charge in [-0.1, -0.05) is 18.9 Å². The monoisotopic (exact) mass is 360 g/mol. The number of amides is 1. The number of nitrogens with zero attached hydrogens (tertiary/aromatic N) is 2. The van der Waals surface area contributed by atoms with E-state index in [1.807, 2.05) is 4.90 Å². The molecule has 0 radical (unpaired) electrons. The molecule has 1 aromatic carbocycles. The van der Waals surface area contributed by atoms with Crippen molar-refractivity contribution in [2.24, 2.45) is 0 Å². The van der Waals surface area contributed by atoms with E-state index in [0.29, 0.717) is 49.4 Å². The predicted molar refractivity (Wildman–Crippen MR) is 93.4 cm³/mol. The van der Waals surface area contributed by atoms with E-state index in [1.54, 1.807) is 23.1 Å². The molecule has 2 heterocycles. The van der Waals surface area contributed by atoms with E-state index in [0.717, 1.165) is 12.8 Å². The molecule has 0 unspecified atom stereocenters. The normalized spacial score (nSPS) is 22.5. The molecular formula is C19H24N2O5. The van der Waals surface area contributed by atoms with Crippen molar-refractivity contribution in [3.63, 3.8) is 0 Å². The van der Waals surface area contributed by atoms with Crippen LogP contribution in [0.1, 0.15) is 37.3 Å². The lowest BCUT2D eigenvalue weighted by molar-refractivity contribution is -0.148. The van der Waals surface area contributed by atoms with Gasteiger partial charge >= 0.3 is 5.97 Å². The van der Waals surface area contributed by atoms with Gasteiger partial charge in [0.05, 0.1) is 6.54 Å². The molecule has 140 valence electrons. The van der Waals surface area contributed by atoms with Gasteiger partial charge in [0, 0.05) is 19.1 Å². The molecule has 0 spiro atoms. The Bertz CT molecular complexity index is 701. The first-order valence-electron chi connectivity index (χ1n) is 9.29. The highest BCUT2D eigenvalue weighted by Gasteiger charge is 2.37. The first-order chi connectivity index (χ1) is 12.6. The minimum absolute atomic E-state index is 0.0342. The molecule has 0 bridgehead atoms. The minimum atomic E-state index is -0.955. The lowest BCUT2D eigenvalue weighted by atomic mass is 10.0. The van der Waals surface area contributed by atoms with Crippen LogP contribution in [0.3, 0.4) is 0 Å². The summed E-state index contributed by atoms with van der Waals surface area (Å²) in [5, 5.41) is 9.81. The molecule has 7 heteroatoms. The summed E-state index contributed by atoms with van der Waals surface area (Å²) in [6.07, 6.45) is 4.48. The fraction of sp³-hybridized carbons (Fsp3) is 0.579. The zero-order valence-corrected chi connectivity index (χ0v) is 14.7. The van der Waals surface area contributed by atoms with Crippen LogP contribution in [-0.4, -0.2) is 65.7 Å². The second-order valence-corrected chi connectivity index (χ2v) is 7.14. The third-order valence-electron chi connectivity index (χ3n) is 5.53. The number of carbonyl (C=O) groups is 2. The number of fused-ring (bicyclic) bond motifs is 1. The van der Waals surface area contributed by atoms with Crippen molar-refractivity contribution in [3.8, 4) is 11.5 Å². The van der Waals surface area contributed by atoms with Crippen LogP contribution in [0.25, 0.3) is 0 Å². The molecule has 26 heavy (non-hydrogen) atoms. The van der Waals surface area contributed by atoms with Gasteiger partial charge in [-0.15, -0.1) is 0 Å². The third kappa shape index (κ3) is 3.23. The first kappa shape index (κ1) is 17.1. The Hall–Kier alpha value is -2.28. The number of carboxylic acid groups (broad SMARTS) is 1. The first-order valence-corrected chi connectivity index (χ1v) is 9.29. The van der Waals surface area contributed by atoms with E-state index in [9.17, 15) is 14.7 Å². The zero-order valence-electron chi connectivity index (χ0n) is 14.7. The summed E-state index contributed by atoms with van der Waals surface area (Å²) in [4.78, 5) is 28.3. The highest BCUT2D eigenvalue weighted by atomic mass is 16.6. The van der Waals surface area contributed by atoms with Crippen LogP contribution in [0.5, 0.6) is 11.5 Å². The van der Waals surface area contributed by atoms with Gasteiger partial charge in [-0.25, -0.2) is 0 Å². The highest BCUT2D eigenvalue weighted by molar-refractivity contribution is 5.82. The smallest absolute Gasteiger partial charge is 0.325 e. The fourth-order valence-corrected chi connectivity index (χ4v) is 4.27. The summed E-state index contributed by atoms with van der Waals surface area (Å²) in [7, 11) is 0. The van der Waals surface area contributed by atoms with Gasteiger partial charge in [0.2, 0.25) is 5.91 Å². The Labute approximate surface area is 152 Å². The van der Waals surface area contributed by atoms with Gasteiger partial charge < -0.3 is 19.5 Å². The molecule has 2 fully saturated rings. The van der Waals surface area contributed by atoms with E-state index in [2.05, 4.69) is 0 Å². The Morgan fingerprint density at radius 3 is 2.54 bits per heavy atom. The third-order valence-corrected chi connectivity index (χ3v) is 5.53. The van der Waals surface area contributed by atoms with Crippen LogP contribution in [0, 0.1) is 0 Å². The molecule has 3 aliphatic rings. The number of carbonyl (C=O) groups excluding carboxylic acids is 1. The molecule has 1 aliphatic carbocycles. The number of ether oxygens (including phenoxy) is 2. The molecule has 0 aromatic heterocycles. The Morgan fingerprint density at radius 2 is 1.85 bits per heavy atom. The topological polar surface area (TPSA) is 79.3 Å². The lowest BCUT2D eigenvalue weighted by Gasteiger charge is -2.40.